The van der Waals surface area contributed by atoms with Crippen LogP contribution in [-0.4, -0.2) is 46.6 Å². The average molecular weight is 427 g/mol. The zero-order valence-electron chi connectivity index (χ0n) is 18.3. The molecule has 0 N–H and O–H groups in total. The van der Waals surface area contributed by atoms with Crippen molar-refractivity contribution in [3.05, 3.63) is 29.8 Å². The molecule has 0 spiro atoms. The van der Waals surface area contributed by atoms with Crippen LogP contribution in [0.4, 0.5) is 0 Å². The lowest BCUT2D eigenvalue weighted by Gasteiger charge is -2.37. The summed E-state index contributed by atoms with van der Waals surface area (Å²) in [5.74, 6) is 0.0168. The molecule has 1 aromatic carbocycles. The molecule has 0 saturated carbocycles. The van der Waals surface area contributed by atoms with Crippen molar-refractivity contribution in [2.45, 2.75) is 87.8 Å². The minimum atomic E-state index is -3.68. The van der Waals surface area contributed by atoms with E-state index in [1.807, 2.05) is 32.9 Å². The van der Waals surface area contributed by atoms with Crippen LogP contribution in [0.3, 0.4) is 0 Å². The highest BCUT2D eigenvalue weighted by atomic mass is 32.2. The summed E-state index contributed by atoms with van der Waals surface area (Å²) in [5.41, 5.74) is 1.02. The zero-order chi connectivity index (χ0) is 21.1. The first-order valence-corrected chi connectivity index (χ1v) is 14.4. The Hall–Kier alpha value is -0.733. The van der Waals surface area contributed by atoms with E-state index in [1.165, 1.54) is 0 Å². The van der Waals surface area contributed by atoms with Crippen molar-refractivity contribution in [1.82, 2.24) is 0 Å². The van der Waals surface area contributed by atoms with Crippen LogP contribution in [-0.2, 0) is 23.7 Å². The van der Waals surface area contributed by atoms with Crippen LogP contribution in [0.2, 0.25) is 18.1 Å². The van der Waals surface area contributed by atoms with Gasteiger partial charge in [-0.1, -0.05) is 52.3 Å². The Bertz CT molecular complexity index is 825. The second-order valence-corrected chi connectivity index (χ2v) is 16.9. The van der Waals surface area contributed by atoms with Crippen molar-refractivity contribution in [3.8, 4) is 0 Å². The highest BCUT2D eigenvalue weighted by molar-refractivity contribution is 7.93. The Morgan fingerprint density at radius 2 is 1.75 bits per heavy atom. The van der Waals surface area contributed by atoms with E-state index in [4.69, 9.17) is 13.9 Å². The molecule has 4 atom stereocenters. The largest absolute Gasteiger partial charge is 0.414 e. The summed E-state index contributed by atoms with van der Waals surface area (Å²) in [6.07, 6.45) is -1.34. The number of sulfone groups is 1. The molecule has 0 unspecified atom stereocenters. The maximum Gasteiger partial charge on any atom is 0.229 e. The molecule has 5 nitrogen and oxygen atoms in total. The number of hydrogen-bond acceptors (Lipinski definition) is 5. The van der Waals surface area contributed by atoms with Crippen LogP contribution < -0.4 is 0 Å². The first-order chi connectivity index (χ1) is 12.7. The van der Waals surface area contributed by atoms with Crippen molar-refractivity contribution >= 4 is 18.2 Å². The second-order valence-electron chi connectivity index (χ2n) is 9.99. The molecule has 1 aromatic rings. The molecule has 0 amide bonds. The number of ether oxygens (including phenoxy) is 2. The smallest absolute Gasteiger partial charge is 0.229 e. The van der Waals surface area contributed by atoms with Crippen LogP contribution >= 0.6 is 0 Å². The molecule has 2 aliphatic rings. The summed E-state index contributed by atoms with van der Waals surface area (Å²) >= 11 is 0. The lowest BCUT2D eigenvalue weighted by Crippen LogP contribution is -2.43. The predicted octanol–water partition coefficient (Wildman–Crippen LogP) is 4.31. The number of benzene rings is 1. The molecule has 28 heavy (non-hydrogen) atoms. The minimum absolute atomic E-state index is 0.0168. The number of epoxide rings is 1. The van der Waals surface area contributed by atoms with Gasteiger partial charge in [0.05, 0.1) is 11.5 Å². The Kier molecular flexibility index (Phi) is 5.42. The predicted molar refractivity (Wildman–Crippen MR) is 113 cm³/mol. The van der Waals surface area contributed by atoms with E-state index >= 15 is 0 Å². The van der Waals surface area contributed by atoms with Gasteiger partial charge in [-0.05, 0) is 43.1 Å². The second kappa shape index (κ2) is 6.91. The van der Waals surface area contributed by atoms with Gasteiger partial charge in [0.1, 0.15) is 18.3 Å². The van der Waals surface area contributed by atoms with Gasteiger partial charge >= 0.3 is 0 Å². The van der Waals surface area contributed by atoms with Crippen molar-refractivity contribution in [2.24, 2.45) is 5.92 Å². The summed E-state index contributed by atoms with van der Waals surface area (Å²) in [6, 6.07) is 6.96. The van der Waals surface area contributed by atoms with E-state index in [1.54, 1.807) is 12.1 Å². The number of rotatable bonds is 6. The Morgan fingerprint density at radius 3 is 2.25 bits per heavy atom. The SMILES string of the molecule is Cc1ccc(S(=O)(=O)[C@]23O[C@H]2[C@H](CO[Si](C)(C)C(C)(C)C)O[C@@H]3C(C)C)cc1. The highest BCUT2D eigenvalue weighted by Crippen LogP contribution is 2.57. The van der Waals surface area contributed by atoms with E-state index in [0.717, 1.165) is 5.56 Å². The molecular formula is C21H34O5SSi. The first kappa shape index (κ1) is 22.0. The molecule has 0 bridgehead atoms. The van der Waals surface area contributed by atoms with E-state index in [0.29, 0.717) is 11.5 Å². The summed E-state index contributed by atoms with van der Waals surface area (Å²) in [4.78, 5) is -1.00. The first-order valence-electron chi connectivity index (χ1n) is 10.0. The third-order valence-electron chi connectivity index (χ3n) is 6.48. The molecule has 2 saturated heterocycles. The maximum atomic E-state index is 13.5. The van der Waals surface area contributed by atoms with Crippen molar-refractivity contribution in [3.63, 3.8) is 0 Å². The van der Waals surface area contributed by atoms with Gasteiger partial charge in [-0.15, -0.1) is 0 Å². The Labute approximate surface area is 170 Å². The molecular weight excluding hydrogens is 392 g/mol. The van der Waals surface area contributed by atoms with Crippen LogP contribution in [0.25, 0.3) is 0 Å². The summed E-state index contributed by atoms with van der Waals surface area (Å²) in [6.45, 7) is 17.2. The van der Waals surface area contributed by atoms with Gasteiger partial charge in [0.15, 0.2) is 8.32 Å². The summed E-state index contributed by atoms with van der Waals surface area (Å²) in [5, 5.41) is 0.0819. The summed E-state index contributed by atoms with van der Waals surface area (Å²) in [7, 11) is -5.64. The summed E-state index contributed by atoms with van der Waals surface area (Å²) < 4.78 is 45.5. The van der Waals surface area contributed by atoms with Gasteiger partial charge in [0.25, 0.3) is 0 Å². The van der Waals surface area contributed by atoms with Gasteiger partial charge < -0.3 is 13.9 Å². The molecule has 158 valence electrons. The van der Waals surface area contributed by atoms with Crippen LogP contribution in [0.1, 0.15) is 40.2 Å². The molecule has 3 rings (SSSR count). The minimum Gasteiger partial charge on any atom is -0.414 e. The van der Waals surface area contributed by atoms with E-state index < -0.39 is 35.3 Å². The van der Waals surface area contributed by atoms with E-state index in [2.05, 4.69) is 33.9 Å². The van der Waals surface area contributed by atoms with Crippen molar-refractivity contribution < 1.29 is 22.3 Å². The topological polar surface area (TPSA) is 65.1 Å². The third kappa shape index (κ3) is 3.39. The molecule has 2 aliphatic heterocycles. The Balaban J connectivity index is 1.86. The van der Waals surface area contributed by atoms with Gasteiger partial charge in [-0.2, -0.15) is 0 Å². The van der Waals surface area contributed by atoms with Crippen molar-refractivity contribution in [2.75, 3.05) is 6.61 Å². The van der Waals surface area contributed by atoms with Gasteiger partial charge in [0.2, 0.25) is 14.8 Å². The molecule has 7 heteroatoms. The quantitative estimate of drug-likeness (QED) is 0.501. The number of hydrogen-bond donors (Lipinski definition) is 0. The zero-order valence-corrected chi connectivity index (χ0v) is 20.1. The van der Waals surface area contributed by atoms with Gasteiger partial charge in [-0.3, -0.25) is 0 Å². The van der Waals surface area contributed by atoms with E-state index in [9.17, 15) is 8.42 Å². The molecule has 0 aromatic heterocycles. The number of fused-ring (bicyclic) bond motifs is 1. The molecule has 0 radical (unpaired) electrons. The van der Waals surface area contributed by atoms with Crippen LogP contribution in [0, 0.1) is 12.8 Å². The fraction of sp³-hybridized carbons (Fsp3) is 0.714. The fourth-order valence-electron chi connectivity index (χ4n) is 3.61. The lowest BCUT2D eigenvalue weighted by atomic mass is 10.0. The van der Waals surface area contributed by atoms with Gasteiger partial charge in [0, 0.05) is 0 Å². The number of aryl methyl sites for hydroxylation is 1. The molecule has 2 heterocycles. The molecule has 2 fully saturated rings. The molecule has 0 aliphatic carbocycles. The standard InChI is InChI=1S/C21H34O5SSi/c1-14(2)18-21(27(22,23)16-11-9-15(3)10-12-16)19(26-21)17(25-18)13-24-28(7,8)20(4,5)6/h9-12,14,17-19H,13H2,1-8H3/t17-,18+,19-,21-/m0/s1. The normalized spacial score (nSPS) is 30.5. The average Bonchev–Trinajstić information content (AvgIpc) is 3.23. The van der Waals surface area contributed by atoms with E-state index in [-0.39, 0.29) is 17.1 Å². The van der Waals surface area contributed by atoms with Crippen molar-refractivity contribution in [1.29, 1.82) is 0 Å². The highest BCUT2D eigenvalue weighted by Gasteiger charge is 2.79. The monoisotopic (exact) mass is 426 g/mol. The third-order valence-corrected chi connectivity index (χ3v) is 13.3. The fourth-order valence-corrected chi connectivity index (χ4v) is 6.81. The maximum absolute atomic E-state index is 13.5. The van der Waals surface area contributed by atoms with Crippen LogP contribution in [0.15, 0.2) is 29.2 Å². The van der Waals surface area contributed by atoms with Gasteiger partial charge in [-0.25, -0.2) is 8.42 Å². The Morgan fingerprint density at radius 1 is 1.18 bits per heavy atom. The lowest BCUT2D eigenvalue weighted by molar-refractivity contribution is -0.0723. The van der Waals surface area contributed by atoms with Crippen LogP contribution in [0.5, 0.6) is 0 Å².